The zero-order valence-corrected chi connectivity index (χ0v) is 10.1. The van der Waals surface area contributed by atoms with Crippen LogP contribution in [0.4, 0.5) is 0 Å². The van der Waals surface area contributed by atoms with Crippen LogP contribution in [0.3, 0.4) is 0 Å². The molecule has 0 fully saturated rings. The second-order valence-electron chi connectivity index (χ2n) is 4.04. The zero-order valence-electron chi connectivity index (χ0n) is 9.25. The Morgan fingerprint density at radius 3 is 2.43 bits per heavy atom. The Labute approximate surface area is 86.7 Å². The smallest absolute Gasteiger partial charge is 0.147 e. The fourth-order valence-corrected chi connectivity index (χ4v) is 1.47. The van der Waals surface area contributed by atoms with Crippen LogP contribution in [-0.4, -0.2) is 39.2 Å². The van der Waals surface area contributed by atoms with Crippen molar-refractivity contribution in [3.8, 4) is 0 Å². The van der Waals surface area contributed by atoms with E-state index in [1.165, 1.54) is 6.26 Å². The lowest BCUT2D eigenvalue weighted by molar-refractivity contribution is 0.0904. The van der Waals surface area contributed by atoms with Gasteiger partial charge in [0.2, 0.25) is 0 Å². The quantitative estimate of drug-likeness (QED) is 0.640. The van der Waals surface area contributed by atoms with E-state index in [4.69, 9.17) is 10.5 Å². The standard InChI is InChI=1S/C9H21NO3S/c1-4-9(2,10)8-13-6-5-7-14(3,11)12/h4-8,10H2,1-3H3. The van der Waals surface area contributed by atoms with E-state index in [1.54, 1.807) is 0 Å². The number of ether oxygens (including phenoxy) is 1. The summed E-state index contributed by atoms with van der Waals surface area (Å²) in [7, 11) is -2.86. The second kappa shape index (κ2) is 5.68. The van der Waals surface area contributed by atoms with E-state index in [9.17, 15) is 8.42 Å². The predicted molar refractivity (Wildman–Crippen MR) is 58.0 cm³/mol. The monoisotopic (exact) mass is 223 g/mol. The van der Waals surface area contributed by atoms with E-state index < -0.39 is 9.84 Å². The molecule has 1 unspecified atom stereocenters. The van der Waals surface area contributed by atoms with Crippen LogP contribution in [0.25, 0.3) is 0 Å². The number of sulfone groups is 1. The van der Waals surface area contributed by atoms with Crippen molar-refractivity contribution in [3.63, 3.8) is 0 Å². The lowest BCUT2D eigenvalue weighted by atomic mass is 10.0. The van der Waals surface area contributed by atoms with Crippen molar-refractivity contribution >= 4 is 9.84 Å². The number of nitrogens with two attached hydrogens (primary N) is 1. The molecular formula is C9H21NO3S. The van der Waals surface area contributed by atoms with E-state index in [2.05, 4.69) is 0 Å². The van der Waals surface area contributed by atoms with E-state index in [0.717, 1.165) is 6.42 Å². The van der Waals surface area contributed by atoms with Gasteiger partial charge in [-0.2, -0.15) is 0 Å². The minimum atomic E-state index is -2.86. The number of rotatable bonds is 7. The maximum absolute atomic E-state index is 10.8. The summed E-state index contributed by atoms with van der Waals surface area (Å²) in [5, 5.41) is 0. The Bertz CT molecular complexity index is 247. The van der Waals surface area contributed by atoms with Crippen LogP contribution in [0, 0.1) is 0 Å². The Morgan fingerprint density at radius 1 is 1.43 bits per heavy atom. The molecule has 0 heterocycles. The van der Waals surface area contributed by atoms with E-state index in [0.29, 0.717) is 19.6 Å². The molecule has 0 aliphatic rings. The number of hydrogen-bond donors (Lipinski definition) is 1. The minimum absolute atomic E-state index is 0.181. The van der Waals surface area contributed by atoms with E-state index in [-0.39, 0.29) is 11.3 Å². The van der Waals surface area contributed by atoms with Crippen molar-refractivity contribution in [2.45, 2.75) is 32.2 Å². The molecule has 0 aliphatic carbocycles. The van der Waals surface area contributed by atoms with Crippen molar-refractivity contribution in [2.24, 2.45) is 5.73 Å². The van der Waals surface area contributed by atoms with Crippen LogP contribution in [0.2, 0.25) is 0 Å². The normalized spacial score (nSPS) is 16.6. The highest BCUT2D eigenvalue weighted by Crippen LogP contribution is 2.04. The fraction of sp³-hybridized carbons (Fsp3) is 1.00. The molecule has 5 heteroatoms. The van der Waals surface area contributed by atoms with Gasteiger partial charge in [-0.3, -0.25) is 0 Å². The van der Waals surface area contributed by atoms with Gasteiger partial charge < -0.3 is 10.5 Å². The Hall–Kier alpha value is -0.130. The van der Waals surface area contributed by atoms with Gasteiger partial charge >= 0.3 is 0 Å². The summed E-state index contributed by atoms with van der Waals surface area (Å²) in [6, 6.07) is 0. The summed E-state index contributed by atoms with van der Waals surface area (Å²) < 4.78 is 26.8. The third-order valence-corrected chi connectivity index (χ3v) is 3.07. The molecule has 0 aromatic rings. The first kappa shape index (κ1) is 13.9. The molecule has 14 heavy (non-hydrogen) atoms. The summed E-state index contributed by atoms with van der Waals surface area (Å²) in [6.45, 7) is 4.86. The van der Waals surface area contributed by atoms with Gasteiger partial charge in [0.25, 0.3) is 0 Å². The van der Waals surface area contributed by atoms with Gasteiger partial charge in [-0.15, -0.1) is 0 Å². The molecule has 0 radical (unpaired) electrons. The highest BCUT2D eigenvalue weighted by atomic mass is 32.2. The summed E-state index contributed by atoms with van der Waals surface area (Å²) in [4.78, 5) is 0. The maximum atomic E-state index is 10.8. The second-order valence-corrected chi connectivity index (χ2v) is 6.30. The van der Waals surface area contributed by atoms with Crippen LogP contribution in [0.15, 0.2) is 0 Å². The molecule has 0 saturated carbocycles. The van der Waals surface area contributed by atoms with Gasteiger partial charge in [0.15, 0.2) is 0 Å². The van der Waals surface area contributed by atoms with Crippen LogP contribution >= 0.6 is 0 Å². The summed E-state index contributed by atoms with van der Waals surface area (Å²) in [5.41, 5.74) is 5.54. The van der Waals surface area contributed by atoms with Gasteiger partial charge in [0, 0.05) is 18.4 Å². The van der Waals surface area contributed by atoms with E-state index >= 15 is 0 Å². The highest BCUT2D eigenvalue weighted by molar-refractivity contribution is 7.90. The number of hydrogen-bond acceptors (Lipinski definition) is 4. The van der Waals surface area contributed by atoms with Gasteiger partial charge in [0.1, 0.15) is 9.84 Å². The lowest BCUT2D eigenvalue weighted by Crippen LogP contribution is -2.40. The van der Waals surface area contributed by atoms with Crippen molar-refractivity contribution in [1.29, 1.82) is 0 Å². The molecule has 0 aromatic carbocycles. The molecule has 2 N–H and O–H groups in total. The van der Waals surface area contributed by atoms with Gasteiger partial charge in [0.05, 0.1) is 12.4 Å². The molecule has 0 bridgehead atoms. The van der Waals surface area contributed by atoms with Crippen LogP contribution in [-0.2, 0) is 14.6 Å². The van der Waals surface area contributed by atoms with Crippen LogP contribution < -0.4 is 5.73 Å². The zero-order chi connectivity index (χ0) is 11.2. The third kappa shape index (κ3) is 8.47. The Morgan fingerprint density at radius 2 is 2.00 bits per heavy atom. The topological polar surface area (TPSA) is 69.4 Å². The van der Waals surface area contributed by atoms with Crippen LogP contribution in [0.1, 0.15) is 26.7 Å². The predicted octanol–water partition coefficient (Wildman–Crippen LogP) is 0.565. The van der Waals surface area contributed by atoms with Gasteiger partial charge in [-0.25, -0.2) is 8.42 Å². The van der Waals surface area contributed by atoms with Gasteiger partial charge in [-0.1, -0.05) is 6.92 Å². The first-order valence-electron chi connectivity index (χ1n) is 4.81. The average molecular weight is 223 g/mol. The molecule has 86 valence electrons. The Balaban J connectivity index is 3.49. The molecule has 0 aliphatic heterocycles. The highest BCUT2D eigenvalue weighted by Gasteiger charge is 2.15. The molecule has 0 spiro atoms. The molecule has 0 aromatic heterocycles. The largest absolute Gasteiger partial charge is 0.380 e. The Kier molecular flexibility index (Phi) is 5.63. The molecule has 0 saturated heterocycles. The molecular weight excluding hydrogens is 202 g/mol. The van der Waals surface area contributed by atoms with E-state index in [1.807, 2.05) is 13.8 Å². The maximum Gasteiger partial charge on any atom is 0.147 e. The van der Waals surface area contributed by atoms with Crippen molar-refractivity contribution in [2.75, 3.05) is 25.2 Å². The van der Waals surface area contributed by atoms with Crippen LogP contribution in [0.5, 0.6) is 0 Å². The minimum Gasteiger partial charge on any atom is -0.380 e. The van der Waals surface area contributed by atoms with Gasteiger partial charge in [-0.05, 0) is 19.8 Å². The van der Waals surface area contributed by atoms with Crippen molar-refractivity contribution < 1.29 is 13.2 Å². The summed E-state index contributed by atoms with van der Waals surface area (Å²) >= 11 is 0. The SMILES string of the molecule is CCC(C)(N)COCCCS(C)(=O)=O. The average Bonchev–Trinajstić information content (AvgIpc) is 2.01. The lowest BCUT2D eigenvalue weighted by Gasteiger charge is -2.22. The van der Waals surface area contributed by atoms with Crippen molar-refractivity contribution in [3.05, 3.63) is 0 Å². The third-order valence-electron chi connectivity index (χ3n) is 2.04. The van der Waals surface area contributed by atoms with Crippen molar-refractivity contribution in [1.82, 2.24) is 0 Å². The molecule has 0 amide bonds. The first-order chi connectivity index (χ1) is 6.27. The fourth-order valence-electron chi connectivity index (χ4n) is 0.831. The summed E-state index contributed by atoms with van der Waals surface area (Å²) in [6.07, 6.45) is 2.61. The molecule has 1 atom stereocenters. The first-order valence-corrected chi connectivity index (χ1v) is 6.87. The molecule has 0 rings (SSSR count). The molecule has 4 nitrogen and oxygen atoms in total. The summed E-state index contributed by atoms with van der Waals surface area (Å²) in [5.74, 6) is 0.181.